The predicted octanol–water partition coefficient (Wildman–Crippen LogP) is 5.42. The third-order valence-corrected chi connectivity index (χ3v) is 8.46. The highest BCUT2D eigenvalue weighted by Gasteiger charge is 2.30. The van der Waals surface area contributed by atoms with E-state index in [1.54, 1.807) is 36.3 Å². The van der Waals surface area contributed by atoms with Crippen LogP contribution in [-0.2, 0) is 32.6 Å². The Morgan fingerprint density at radius 1 is 0.929 bits per heavy atom. The molecule has 0 aliphatic rings. The molecule has 42 heavy (non-hydrogen) atoms. The summed E-state index contributed by atoms with van der Waals surface area (Å²) in [5.74, 6) is 0.434. The third kappa shape index (κ3) is 10.2. The SMILES string of the molecule is COc1ccc(N(CCCC(=O)N(Cc2ccc(Br)cc2)C(Cc2ccccc2)C(=O)NCC(C)C)S(C)(=O)=O)cc1. The van der Waals surface area contributed by atoms with Crippen LogP contribution in [0.1, 0.15) is 37.8 Å². The van der Waals surface area contributed by atoms with Crippen LogP contribution in [0.3, 0.4) is 0 Å². The molecule has 0 spiro atoms. The molecule has 1 unspecified atom stereocenters. The third-order valence-electron chi connectivity index (χ3n) is 6.73. The van der Waals surface area contributed by atoms with Gasteiger partial charge in [0.1, 0.15) is 11.8 Å². The van der Waals surface area contributed by atoms with Gasteiger partial charge in [0.15, 0.2) is 0 Å². The standard InChI is InChI=1S/C32H40BrN3O5S/c1-24(2)22-34-32(38)30(21-25-9-6-5-7-10-25)35(23-26-12-14-27(33)15-13-26)31(37)11-8-20-36(42(4,39)40)28-16-18-29(41-3)19-17-28/h5-7,9-10,12-19,24,30H,8,11,20-23H2,1-4H3,(H,34,38). The van der Waals surface area contributed by atoms with Crippen molar-refractivity contribution in [1.29, 1.82) is 0 Å². The van der Waals surface area contributed by atoms with Crippen LogP contribution in [0.2, 0.25) is 0 Å². The maximum absolute atomic E-state index is 13.9. The fraction of sp³-hybridized carbons (Fsp3) is 0.375. The number of hydrogen-bond donors (Lipinski definition) is 1. The highest BCUT2D eigenvalue weighted by Crippen LogP contribution is 2.23. The predicted molar refractivity (Wildman–Crippen MR) is 171 cm³/mol. The van der Waals surface area contributed by atoms with E-state index < -0.39 is 16.1 Å². The Bertz CT molecular complexity index is 1400. The number of ether oxygens (including phenoxy) is 1. The number of anilines is 1. The molecule has 3 aromatic carbocycles. The Labute approximate surface area is 258 Å². The molecule has 0 aromatic heterocycles. The van der Waals surface area contributed by atoms with Crippen molar-refractivity contribution >= 4 is 43.5 Å². The summed E-state index contributed by atoms with van der Waals surface area (Å²) in [5, 5.41) is 3.02. The highest BCUT2D eigenvalue weighted by molar-refractivity contribution is 9.10. The van der Waals surface area contributed by atoms with Crippen molar-refractivity contribution in [2.45, 2.75) is 45.7 Å². The second kappa shape index (κ2) is 15.7. The summed E-state index contributed by atoms with van der Waals surface area (Å²) in [6.07, 6.45) is 1.85. The van der Waals surface area contributed by atoms with Gasteiger partial charge in [-0.2, -0.15) is 0 Å². The fourth-order valence-electron chi connectivity index (χ4n) is 4.52. The summed E-state index contributed by atoms with van der Waals surface area (Å²) >= 11 is 3.46. The number of sulfonamides is 1. The van der Waals surface area contributed by atoms with E-state index >= 15 is 0 Å². The Morgan fingerprint density at radius 3 is 2.14 bits per heavy atom. The number of rotatable bonds is 15. The second-order valence-electron chi connectivity index (χ2n) is 10.6. The molecular weight excluding hydrogens is 618 g/mol. The van der Waals surface area contributed by atoms with E-state index in [4.69, 9.17) is 4.74 Å². The van der Waals surface area contributed by atoms with E-state index in [2.05, 4.69) is 21.2 Å². The lowest BCUT2D eigenvalue weighted by atomic mass is 10.0. The van der Waals surface area contributed by atoms with E-state index in [1.807, 2.05) is 68.4 Å². The van der Waals surface area contributed by atoms with Crippen molar-refractivity contribution in [2.75, 3.05) is 30.8 Å². The molecule has 8 nitrogen and oxygen atoms in total. The molecule has 1 atom stereocenters. The van der Waals surface area contributed by atoms with Gasteiger partial charge in [-0.05, 0) is 59.9 Å². The van der Waals surface area contributed by atoms with Crippen LogP contribution in [-0.4, -0.2) is 57.6 Å². The van der Waals surface area contributed by atoms with Gasteiger partial charge in [0, 0.05) is 36.9 Å². The molecule has 3 aromatic rings. The Hall–Kier alpha value is -3.37. The molecule has 0 bridgehead atoms. The lowest BCUT2D eigenvalue weighted by Crippen LogP contribution is -2.51. The largest absolute Gasteiger partial charge is 0.497 e. The molecule has 226 valence electrons. The van der Waals surface area contributed by atoms with Gasteiger partial charge in [0.05, 0.1) is 19.1 Å². The molecule has 0 fully saturated rings. The van der Waals surface area contributed by atoms with E-state index in [-0.39, 0.29) is 43.7 Å². The highest BCUT2D eigenvalue weighted by atomic mass is 79.9. The van der Waals surface area contributed by atoms with Crippen molar-refractivity contribution in [3.05, 3.63) is 94.5 Å². The number of nitrogens with zero attached hydrogens (tertiary/aromatic N) is 2. The minimum Gasteiger partial charge on any atom is -0.497 e. The number of halogens is 1. The summed E-state index contributed by atoms with van der Waals surface area (Å²) in [6.45, 7) is 4.90. The average Bonchev–Trinajstić information content (AvgIpc) is 2.96. The second-order valence-corrected chi connectivity index (χ2v) is 13.5. The normalized spacial score (nSPS) is 12.0. The molecule has 3 rings (SSSR count). The quantitative estimate of drug-likeness (QED) is 0.236. The average molecular weight is 659 g/mol. The zero-order valence-electron chi connectivity index (χ0n) is 24.6. The van der Waals surface area contributed by atoms with E-state index in [1.165, 1.54) is 4.31 Å². The van der Waals surface area contributed by atoms with Gasteiger partial charge in [-0.1, -0.05) is 72.2 Å². The molecule has 0 radical (unpaired) electrons. The number of carbonyl (C=O) groups excluding carboxylic acids is 2. The van der Waals surface area contributed by atoms with Crippen molar-refractivity contribution < 1.29 is 22.7 Å². The van der Waals surface area contributed by atoms with Crippen LogP contribution in [0.4, 0.5) is 5.69 Å². The zero-order chi connectivity index (χ0) is 30.7. The Kier molecular flexibility index (Phi) is 12.4. The Balaban J connectivity index is 1.86. The summed E-state index contributed by atoms with van der Waals surface area (Å²) in [7, 11) is -2.05. The summed E-state index contributed by atoms with van der Waals surface area (Å²) in [4.78, 5) is 29.1. The lowest BCUT2D eigenvalue weighted by Gasteiger charge is -2.32. The zero-order valence-corrected chi connectivity index (χ0v) is 27.0. The maximum atomic E-state index is 13.9. The molecule has 2 amide bonds. The van der Waals surface area contributed by atoms with Gasteiger partial charge >= 0.3 is 0 Å². The van der Waals surface area contributed by atoms with Gasteiger partial charge in [-0.15, -0.1) is 0 Å². The topological polar surface area (TPSA) is 96.0 Å². The van der Waals surface area contributed by atoms with Crippen LogP contribution in [0, 0.1) is 5.92 Å². The van der Waals surface area contributed by atoms with E-state index in [0.29, 0.717) is 24.4 Å². The first-order valence-electron chi connectivity index (χ1n) is 13.9. The molecule has 0 aliphatic heterocycles. The number of amides is 2. The summed E-state index contributed by atoms with van der Waals surface area (Å²) in [5.41, 5.74) is 2.32. The van der Waals surface area contributed by atoms with Crippen LogP contribution < -0.4 is 14.4 Å². The van der Waals surface area contributed by atoms with E-state index in [9.17, 15) is 18.0 Å². The van der Waals surface area contributed by atoms with E-state index in [0.717, 1.165) is 21.9 Å². The first-order chi connectivity index (χ1) is 20.0. The summed E-state index contributed by atoms with van der Waals surface area (Å²) in [6, 6.07) is 23.3. The number of benzene rings is 3. The van der Waals surface area contributed by atoms with Crippen molar-refractivity contribution in [3.8, 4) is 5.75 Å². The number of nitrogens with one attached hydrogen (secondary N) is 1. The fourth-order valence-corrected chi connectivity index (χ4v) is 5.75. The van der Waals surface area contributed by atoms with Gasteiger partial charge in [0.2, 0.25) is 21.8 Å². The lowest BCUT2D eigenvalue weighted by molar-refractivity contribution is -0.141. The monoisotopic (exact) mass is 657 g/mol. The van der Waals surface area contributed by atoms with Gasteiger partial charge in [-0.3, -0.25) is 13.9 Å². The first-order valence-corrected chi connectivity index (χ1v) is 16.6. The maximum Gasteiger partial charge on any atom is 0.243 e. The minimum absolute atomic E-state index is 0.0709. The van der Waals surface area contributed by atoms with Crippen LogP contribution in [0.5, 0.6) is 5.75 Å². The number of methoxy groups -OCH3 is 1. The Morgan fingerprint density at radius 2 is 1.57 bits per heavy atom. The number of carbonyl (C=O) groups is 2. The molecular formula is C32H40BrN3O5S. The van der Waals surface area contributed by atoms with Gasteiger partial charge in [0.25, 0.3) is 0 Å². The van der Waals surface area contributed by atoms with Crippen molar-refractivity contribution in [2.24, 2.45) is 5.92 Å². The molecule has 1 N–H and O–H groups in total. The first kappa shape index (κ1) is 33.1. The minimum atomic E-state index is -3.60. The number of hydrogen-bond acceptors (Lipinski definition) is 5. The van der Waals surface area contributed by atoms with Crippen LogP contribution in [0.25, 0.3) is 0 Å². The van der Waals surface area contributed by atoms with Crippen LogP contribution >= 0.6 is 15.9 Å². The molecule has 0 saturated heterocycles. The van der Waals surface area contributed by atoms with Gasteiger partial charge < -0.3 is 15.0 Å². The molecule has 0 saturated carbocycles. The molecule has 10 heteroatoms. The summed E-state index contributed by atoms with van der Waals surface area (Å²) < 4.78 is 32.7. The van der Waals surface area contributed by atoms with Crippen LogP contribution in [0.15, 0.2) is 83.3 Å². The molecule has 0 aliphatic carbocycles. The van der Waals surface area contributed by atoms with Crippen molar-refractivity contribution in [1.82, 2.24) is 10.2 Å². The van der Waals surface area contributed by atoms with Gasteiger partial charge in [-0.25, -0.2) is 8.42 Å². The molecule has 0 heterocycles. The van der Waals surface area contributed by atoms with Crippen molar-refractivity contribution in [3.63, 3.8) is 0 Å². The smallest absolute Gasteiger partial charge is 0.243 e.